The average Bonchev–Trinajstić information content (AvgIpc) is 2.73. The van der Waals surface area contributed by atoms with Crippen molar-refractivity contribution in [3.05, 3.63) is 96.1 Å². The van der Waals surface area contributed by atoms with Gasteiger partial charge < -0.3 is 4.74 Å². The van der Waals surface area contributed by atoms with Crippen molar-refractivity contribution < 1.29 is 14.3 Å². The van der Waals surface area contributed by atoms with Gasteiger partial charge in [0.05, 0.1) is 11.1 Å². The van der Waals surface area contributed by atoms with Crippen molar-refractivity contribution in [2.24, 2.45) is 0 Å². The number of benzene rings is 3. The number of hydrogen-bond donors (Lipinski definition) is 0. The number of terminal acetylenes is 1. The van der Waals surface area contributed by atoms with Crippen molar-refractivity contribution in [2.75, 3.05) is 11.5 Å². The first-order chi connectivity index (χ1) is 13.2. The Morgan fingerprint density at radius 1 is 0.778 bits per heavy atom. The highest BCUT2D eigenvalue weighted by molar-refractivity contribution is 6.15. The standard InChI is InChI=1S/C23H17NO3/c1-2-17-27-23(26)21-16-10-9-15-20(21)22(25)24(18-11-5-3-6-12-18)19-13-7-4-8-14-19/h1,3-16H,17H2. The van der Waals surface area contributed by atoms with E-state index in [2.05, 4.69) is 5.92 Å². The van der Waals surface area contributed by atoms with Crippen LogP contribution in [-0.2, 0) is 4.74 Å². The Morgan fingerprint density at radius 3 is 1.78 bits per heavy atom. The lowest BCUT2D eigenvalue weighted by Crippen LogP contribution is -2.28. The zero-order valence-corrected chi connectivity index (χ0v) is 14.5. The number of hydrogen-bond acceptors (Lipinski definition) is 3. The molecule has 0 saturated heterocycles. The monoisotopic (exact) mass is 355 g/mol. The number of carbonyl (C=O) groups is 2. The first-order valence-electron chi connectivity index (χ1n) is 8.36. The van der Waals surface area contributed by atoms with E-state index in [4.69, 9.17) is 11.2 Å². The third kappa shape index (κ3) is 4.05. The van der Waals surface area contributed by atoms with Gasteiger partial charge in [0.1, 0.15) is 0 Å². The topological polar surface area (TPSA) is 46.6 Å². The number of esters is 1. The molecular weight excluding hydrogens is 338 g/mol. The van der Waals surface area contributed by atoms with Gasteiger partial charge in [0.25, 0.3) is 5.91 Å². The fourth-order valence-corrected chi connectivity index (χ4v) is 2.69. The van der Waals surface area contributed by atoms with Crippen LogP contribution in [-0.4, -0.2) is 18.5 Å². The Bertz CT molecular complexity index is 936. The van der Waals surface area contributed by atoms with Gasteiger partial charge >= 0.3 is 5.97 Å². The van der Waals surface area contributed by atoms with Gasteiger partial charge in [-0.1, -0.05) is 54.5 Å². The molecule has 0 atom stereocenters. The van der Waals surface area contributed by atoms with E-state index in [0.29, 0.717) is 11.4 Å². The Balaban J connectivity index is 2.06. The van der Waals surface area contributed by atoms with Crippen LogP contribution in [0.25, 0.3) is 0 Å². The molecule has 0 unspecified atom stereocenters. The molecule has 0 spiro atoms. The lowest BCUT2D eigenvalue weighted by molar-refractivity contribution is 0.0553. The quantitative estimate of drug-likeness (QED) is 0.502. The Hall–Kier alpha value is -3.84. The average molecular weight is 355 g/mol. The van der Waals surface area contributed by atoms with Gasteiger partial charge in [-0.25, -0.2) is 4.79 Å². The van der Waals surface area contributed by atoms with Crippen LogP contribution in [0.1, 0.15) is 20.7 Å². The predicted octanol–water partition coefficient (Wildman–Crippen LogP) is 4.46. The van der Waals surface area contributed by atoms with E-state index in [1.165, 1.54) is 0 Å². The van der Waals surface area contributed by atoms with Crippen molar-refractivity contribution in [1.82, 2.24) is 0 Å². The van der Waals surface area contributed by atoms with Gasteiger partial charge in [0.15, 0.2) is 6.61 Å². The molecule has 0 aliphatic rings. The van der Waals surface area contributed by atoms with E-state index >= 15 is 0 Å². The fourth-order valence-electron chi connectivity index (χ4n) is 2.69. The first kappa shape index (κ1) is 18.0. The van der Waals surface area contributed by atoms with Crippen LogP contribution >= 0.6 is 0 Å². The number of carbonyl (C=O) groups excluding carboxylic acids is 2. The van der Waals surface area contributed by atoms with E-state index in [0.717, 1.165) is 0 Å². The molecule has 0 saturated carbocycles. The minimum atomic E-state index is -0.627. The molecule has 0 N–H and O–H groups in total. The molecule has 0 aliphatic heterocycles. The Morgan fingerprint density at radius 2 is 1.26 bits per heavy atom. The number of para-hydroxylation sites is 2. The van der Waals surface area contributed by atoms with Crippen molar-refractivity contribution in [1.29, 1.82) is 0 Å². The Kier molecular flexibility index (Phi) is 5.66. The summed E-state index contributed by atoms with van der Waals surface area (Å²) in [6.45, 7) is -0.150. The van der Waals surface area contributed by atoms with Crippen LogP contribution < -0.4 is 4.90 Å². The molecular formula is C23H17NO3. The van der Waals surface area contributed by atoms with Crippen LogP contribution in [0.4, 0.5) is 11.4 Å². The predicted molar refractivity (Wildman–Crippen MR) is 105 cm³/mol. The maximum atomic E-state index is 13.4. The minimum Gasteiger partial charge on any atom is -0.449 e. The summed E-state index contributed by atoms with van der Waals surface area (Å²) in [7, 11) is 0. The summed E-state index contributed by atoms with van der Waals surface area (Å²) >= 11 is 0. The molecule has 0 fully saturated rings. The van der Waals surface area contributed by atoms with E-state index in [1.54, 1.807) is 29.2 Å². The van der Waals surface area contributed by atoms with Gasteiger partial charge in [-0.15, -0.1) is 6.42 Å². The summed E-state index contributed by atoms with van der Waals surface area (Å²) in [5.41, 5.74) is 1.81. The van der Waals surface area contributed by atoms with Gasteiger partial charge in [0.2, 0.25) is 0 Å². The van der Waals surface area contributed by atoms with Gasteiger partial charge in [-0.2, -0.15) is 0 Å². The molecule has 0 heterocycles. The number of anilines is 2. The summed E-state index contributed by atoms with van der Waals surface area (Å²) in [6, 6.07) is 25.1. The van der Waals surface area contributed by atoms with Gasteiger partial charge in [-0.05, 0) is 36.4 Å². The molecule has 132 valence electrons. The second-order valence-electron chi connectivity index (χ2n) is 5.64. The van der Waals surface area contributed by atoms with Crippen molar-refractivity contribution in [3.8, 4) is 12.3 Å². The number of nitrogens with zero attached hydrogens (tertiary/aromatic N) is 1. The third-order valence-corrected chi connectivity index (χ3v) is 3.90. The van der Waals surface area contributed by atoms with Crippen LogP contribution in [0.3, 0.4) is 0 Å². The minimum absolute atomic E-state index is 0.150. The molecule has 3 aromatic carbocycles. The SMILES string of the molecule is C#CCOC(=O)c1ccccc1C(=O)N(c1ccccc1)c1ccccc1. The highest BCUT2D eigenvalue weighted by atomic mass is 16.5. The maximum absolute atomic E-state index is 13.4. The molecule has 0 aliphatic carbocycles. The molecule has 1 amide bonds. The maximum Gasteiger partial charge on any atom is 0.339 e. The second-order valence-corrected chi connectivity index (χ2v) is 5.64. The number of amides is 1. The largest absolute Gasteiger partial charge is 0.449 e. The van der Waals surface area contributed by atoms with Gasteiger partial charge in [0, 0.05) is 11.4 Å². The highest BCUT2D eigenvalue weighted by Crippen LogP contribution is 2.28. The van der Waals surface area contributed by atoms with Crippen molar-refractivity contribution in [2.45, 2.75) is 0 Å². The molecule has 3 rings (SSSR count). The van der Waals surface area contributed by atoms with Crippen LogP contribution in [0.15, 0.2) is 84.9 Å². The third-order valence-electron chi connectivity index (χ3n) is 3.90. The summed E-state index contributed by atoms with van der Waals surface area (Å²) in [4.78, 5) is 27.3. The number of ether oxygens (including phenoxy) is 1. The summed E-state index contributed by atoms with van der Waals surface area (Å²) in [6.07, 6.45) is 5.15. The molecule has 3 aromatic rings. The van der Waals surface area contributed by atoms with Crippen molar-refractivity contribution >= 4 is 23.3 Å². The lowest BCUT2D eigenvalue weighted by Gasteiger charge is -2.24. The fraction of sp³-hybridized carbons (Fsp3) is 0.0435. The molecule has 27 heavy (non-hydrogen) atoms. The van der Waals surface area contributed by atoms with Gasteiger partial charge in [-0.3, -0.25) is 9.69 Å². The summed E-state index contributed by atoms with van der Waals surface area (Å²) in [5, 5.41) is 0. The highest BCUT2D eigenvalue weighted by Gasteiger charge is 2.24. The smallest absolute Gasteiger partial charge is 0.339 e. The van der Waals surface area contributed by atoms with E-state index in [-0.39, 0.29) is 23.6 Å². The normalized spacial score (nSPS) is 9.89. The first-order valence-corrected chi connectivity index (χ1v) is 8.36. The summed E-state index contributed by atoms with van der Waals surface area (Å²) in [5.74, 6) is 1.29. The second kappa shape index (κ2) is 8.50. The number of rotatable bonds is 5. The molecule has 4 nitrogen and oxygen atoms in total. The van der Waals surface area contributed by atoms with Crippen LogP contribution in [0.5, 0.6) is 0 Å². The molecule has 0 aromatic heterocycles. The van der Waals surface area contributed by atoms with E-state index in [1.807, 2.05) is 60.7 Å². The van der Waals surface area contributed by atoms with Crippen LogP contribution in [0.2, 0.25) is 0 Å². The summed E-state index contributed by atoms with van der Waals surface area (Å²) < 4.78 is 5.01. The van der Waals surface area contributed by atoms with Crippen molar-refractivity contribution in [3.63, 3.8) is 0 Å². The Labute approximate surface area is 158 Å². The zero-order chi connectivity index (χ0) is 19.1. The van der Waals surface area contributed by atoms with Crippen LogP contribution in [0, 0.1) is 12.3 Å². The molecule has 0 bridgehead atoms. The molecule has 0 radical (unpaired) electrons. The van der Waals surface area contributed by atoms with E-state index in [9.17, 15) is 9.59 Å². The zero-order valence-electron chi connectivity index (χ0n) is 14.5. The lowest BCUT2D eigenvalue weighted by atomic mass is 10.1. The molecule has 4 heteroatoms. The van der Waals surface area contributed by atoms with E-state index < -0.39 is 5.97 Å².